The predicted molar refractivity (Wildman–Crippen MR) is 87.0 cm³/mol. The minimum absolute atomic E-state index is 0.175. The van der Waals surface area contributed by atoms with Crippen LogP contribution in [0.5, 0.6) is 0 Å². The Labute approximate surface area is 133 Å². The van der Waals surface area contributed by atoms with Gasteiger partial charge in [-0.15, -0.1) is 0 Å². The summed E-state index contributed by atoms with van der Waals surface area (Å²) in [6, 6.07) is 14.6. The van der Waals surface area contributed by atoms with Crippen LogP contribution in [0.15, 0.2) is 53.6 Å². The van der Waals surface area contributed by atoms with Crippen molar-refractivity contribution in [2.45, 2.75) is 13.3 Å². The monoisotopic (exact) mass is 320 g/mol. The largest absolute Gasteiger partial charge is 0.273 e. The molecular formula is C16H14Cl2N2O. The summed E-state index contributed by atoms with van der Waals surface area (Å²) < 4.78 is 0. The molecule has 3 nitrogen and oxygen atoms in total. The smallest absolute Gasteiger partial charge is 0.244 e. The molecular weight excluding hydrogens is 307 g/mol. The Hall–Kier alpha value is -1.84. The molecule has 0 aliphatic heterocycles. The van der Waals surface area contributed by atoms with E-state index >= 15 is 0 Å². The summed E-state index contributed by atoms with van der Waals surface area (Å²) in [5.74, 6) is -0.175. The van der Waals surface area contributed by atoms with E-state index in [1.165, 1.54) is 0 Å². The molecule has 21 heavy (non-hydrogen) atoms. The van der Waals surface area contributed by atoms with Crippen LogP contribution in [0.2, 0.25) is 10.0 Å². The predicted octanol–water partition coefficient (Wildman–Crippen LogP) is 4.08. The molecule has 0 radical (unpaired) electrons. The number of rotatable bonds is 4. The van der Waals surface area contributed by atoms with Crippen molar-refractivity contribution in [1.29, 1.82) is 0 Å². The van der Waals surface area contributed by atoms with Crippen molar-refractivity contribution in [3.63, 3.8) is 0 Å². The molecule has 108 valence electrons. The first kappa shape index (κ1) is 15.5. The molecule has 0 unspecified atom stereocenters. The SMILES string of the molecule is C/C(=N\NC(=O)Cc1ccccc1)c1ccc(Cl)cc1Cl. The minimum Gasteiger partial charge on any atom is -0.273 e. The molecule has 0 bridgehead atoms. The van der Waals surface area contributed by atoms with Crippen molar-refractivity contribution in [2.75, 3.05) is 0 Å². The van der Waals surface area contributed by atoms with Crippen LogP contribution in [0.1, 0.15) is 18.1 Å². The summed E-state index contributed by atoms with van der Waals surface area (Å²) >= 11 is 11.9. The topological polar surface area (TPSA) is 41.5 Å². The number of carbonyl (C=O) groups is 1. The van der Waals surface area contributed by atoms with E-state index in [-0.39, 0.29) is 12.3 Å². The summed E-state index contributed by atoms with van der Waals surface area (Å²) in [7, 11) is 0. The minimum atomic E-state index is -0.175. The first-order valence-electron chi connectivity index (χ1n) is 6.39. The molecule has 5 heteroatoms. The van der Waals surface area contributed by atoms with Gasteiger partial charge in [0.25, 0.3) is 0 Å². The Morgan fingerprint density at radius 2 is 1.86 bits per heavy atom. The van der Waals surface area contributed by atoms with Gasteiger partial charge in [0.05, 0.1) is 17.2 Å². The summed E-state index contributed by atoms with van der Waals surface area (Å²) in [6.07, 6.45) is 0.284. The van der Waals surface area contributed by atoms with E-state index in [9.17, 15) is 4.79 Å². The van der Waals surface area contributed by atoms with Crippen LogP contribution in [0.4, 0.5) is 0 Å². The highest BCUT2D eigenvalue weighted by Gasteiger charge is 2.06. The van der Waals surface area contributed by atoms with E-state index in [1.54, 1.807) is 25.1 Å². The number of benzene rings is 2. The van der Waals surface area contributed by atoms with E-state index in [0.717, 1.165) is 11.1 Å². The molecule has 0 aliphatic carbocycles. The van der Waals surface area contributed by atoms with Crippen LogP contribution in [0.25, 0.3) is 0 Å². The van der Waals surface area contributed by atoms with Crippen LogP contribution in [0, 0.1) is 0 Å². The van der Waals surface area contributed by atoms with E-state index in [2.05, 4.69) is 10.5 Å². The number of nitrogens with zero attached hydrogens (tertiary/aromatic N) is 1. The lowest BCUT2D eigenvalue weighted by molar-refractivity contribution is -0.120. The zero-order chi connectivity index (χ0) is 15.2. The molecule has 0 saturated heterocycles. The second-order valence-electron chi connectivity index (χ2n) is 4.52. The fraction of sp³-hybridized carbons (Fsp3) is 0.125. The Morgan fingerprint density at radius 1 is 1.14 bits per heavy atom. The fourth-order valence-corrected chi connectivity index (χ4v) is 2.36. The average molecular weight is 321 g/mol. The quantitative estimate of drug-likeness (QED) is 0.669. The lowest BCUT2D eigenvalue weighted by atomic mass is 10.1. The molecule has 2 aromatic carbocycles. The Kier molecular flexibility index (Phi) is 5.37. The van der Waals surface area contributed by atoms with Crippen molar-refractivity contribution < 1.29 is 4.79 Å². The maximum Gasteiger partial charge on any atom is 0.244 e. The van der Waals surface area contributed by atoms with Gasteiger partial charge in [-0.05, 0) is 24.6 Å². The summed E-state index contributed by atoms with van der Waals surface area (Å²) in [4.78, 5) is 11.8. The Balaban J connectivity index is 2.01. The van der Waals surface area contributed by atoms with Gasteiger partial charge in [0, 0.05) is 10.6 Å². The standard InChI is InChI=1S/C16H14Cl2N2O/c1-11(14-8-7-13(17)10-15(14)18)19-20-16(21)9-12-5-3-2-4-6-12/h2-8,10H,9H2,1H3,(H,20,21)/b19-11+. The van der Waals surface area contributed by atoms with Gasteiger partial charge in [0.1, 0.15) is 0 Å². The number of hydrazone groups is 1. The van der Waals surface area contributed by atoms with Crippen LogP contribution in [0.3, 0.4) is 0 Å². The van der Waals surface area contributed by atoms with Crippen molar-refractivity contribution in [2.24, 2.45) is 5.10 Å². The van der Waals surface area contributed by atoms with E-state index in [0.29, 0.717) is 15.8 Å². The summed E-state index contributed by atoms with van der Waals surface area (Å²) in [6.45, 7) is 1.78. The molecule has 0 fully saturated rings. The van der Waals surface area contributed by atoms with Gasteiger partial charge in [0.2, 0.25) is 5.91 Å². The molecule has 0 saturated carbocycles. The Bertz CT molecular complexity index is 669. The Morgan fingerprint density at radius 3 is 2.52 bits per heavy atom. The molecule has 0 atom stereocenters. The molecule has 0 heterocycles. The molecule has 0 spiro atoms. The van der Waals surface area contributed by atoms with Crippen LogP contribution < -0.4 is 5.43 Å². The first-order chi connectivity index (χ1) is 10.1. The molecule has 2 aromatic rings. The number of carbonyl (C=O) groups excluding carboxylic acids is 1. The third kappa shape index (κ3) is 4.59. The molecule has 0 aromatic heterocycles. The molecule has 1 N–H and O–H groups in total. The highest BCUT2D eigenvalue weighted by atomic mass is 35.5. The normalized spacial score (nSPS) is 11.3. The molecule has 1 amide bonds. The van der Waals surface area contributed by atoms with Crippen molar-refractivity contribution in [1.82, 2.24) is 5.43 Å². The number of amides is 1. The van der Waals surface area contributed by atoms with Gasteiger partial charge in [-0.25, -0.2) is 5.43 Å². The highest BCUT2D eigenvalue weighted by Crippen LogP contribution is 2.21. The van der Waals surface area contributed by atoms with E-state index in [1.807, 2.05) is 30.3 Å². The number of hydrogen-bond donors (Lipinski definition) is 1. The number of hydrogen-bond acceptors (Lipinski definition) is 2. The maximum absolute atomic E-state index is 11.8. The summed E-state index contributed by atoms with van der Waals surface area (Å²) in [5.41, 5.74) is 4.83. The van der Waals surface area contributed by atoms with Gasteiger partial charge in [0.15, 0.2) is 0 Å². The third-order valence-electron chi connectivity index (χ3n) is 2.88. The van der Waals surface area contributed by atoms with Crippen LogP contribution in [-0.2, 0) is 11.2 Å². The zero-order valence-electron chi connectivity index (χ0n) is 11.4. The summed E-state index contributed by atoms with van der Waals surface area (Å²) in [5, 5.41) is 5.13. The van der Waals surface area contributed by atoms with Gasteiger partial charge in [-0.2, -0.15) is 5.10 Å². The van der Waals surface area contributed by atoms with Gasteiger partial charge < -0.3 is 0 Å². The number of halogens is 2. The second-order valence-corrected chi connectivity index (χ2v) is 5.36. The van der Waals surface area contributed by atoms with E-state index in [4.69, 9.17) is 23.2 Å². The molecule has 2 rings (SSSR count). The van der Waals surface area contributed by atoms with Crippen LogP contribution >= 0.6 is 23.2 Å². The third-order valence-corrected chi connectivity index (χ3v) is 3.42. The van der Waals surface area contributed by atoms with Crippen molar-refractivity contribution in [3.05, 3.63) is 69.7 Å². The fourth-order valence-electron chi connectivity index (χ4n) is 1.81. The number of nitrogens with one attached hydrogen (secondary N) is 1. The zero-order valence-corrected chi connectivity index (χ0v) is 12.9. The van der Waals surface area contributed by atoms with Gasteiger partial charge in [-0.1, -0.05) is 59.6 Å². The first-order valence-corrected chi connectivity index (χ1v) is 7.14. The average Bonchev–Trinajstić information content (AvgIpc) is 2.46. The highest BCUT2D eigenvalue weighted by molar-refractivity contribution is 6.37. The maximum atomic E-state index is 11.8. The van der Waals surface area contributed by atoms with Crippen LogP contribution in [-0.4, -0.2) is 11.6 Å². The van der Waals surface area contributed by atoms with Crippen molar-refractivity contribution in [3.8, 4) is 0 Å². The van der Waals surface area contributed by atoms with Gasteiger partial charge in [-0.3, -0.25) is 4.79 Å². The second kappa shape index (κ2) is 7.25. The lowest BCUT2D eigenvalue weighted by Crippen LogP contribution is -2.21. The molecule has 0 aliphatic rings. The van der Waals surface area contributed by atoms with Gasteiger partial charge >= 0.3 is 0 Å². The lowest BCUT2D eigenvalue weighted by Gasteiger charge is -2.05. The van der Waals surface area contributed by atoms with E-state index < -0.39 is 0 Å². The van der Waals surface area contributed by atoms with Crippen molar-refractivity contribution >= 4 is 34.8 Å².